The molecule has 0 bridgehead atoms. The molecule has 1 aromatic rings. The second kappa shape index (κ2) is 8.76. The fraction of sp³-hybridized carbons (Fsp3) is 0.438. The number of hydrogen-bond donors (Lipinski definition) is 3. The Labute approximate surface area is 177 Å². The second-order valence-corrected chi connectivity index (χ2v) is 8.27. The number of carbonyl (C=O) groups excluding carboxylic acids is 2. The average molecular weight is 452 g/mol. The number of rotatable bonds is 7. The first-order valence-electron chi connectivity index (χ1n) is 8.68. The molecule has 12 nitrogen and oxygen atoms in total. The largest absolute Gasteiger partial charge is 0.477 e. The van der Waals surface area contributed by atoms with Gasteiger partial charge in [-0.2, -0.15) is 5.26 Å². The highest BCUT2D eigenvalue weighted by molar-refractivity contribution is 8.01. The van der Waals surface area contributed by atoms with Crippen LogP contribution in [0, 0.1) is 11.3 Å². The van der Waals surface area contributed by atoms with Gasteiger partial charge in [-0.25, -0.2) is 9.89 Å². The van der Waals surface area contributed by atoms with E-state index in [-0.39, 0.29) is 28.9 Å². The second-order valence-electron chi connectivity index (χ2n) is 6.22. The van der Waals surface area contributed by atoms with Crippen LogP contribution >= 0.6 is 23.5 Å². The Hall–Kier alpha value is -3.05. The van der Waals surface area contributed by atoms with Crippen LogP contribution in [0.4, 0.5) is 0 Å². The summed E-state index contributed by atoms with van der Waals surface area (Å²) in [5.41, 5.74) is -1.32. The number of hydrogen-bond acceptors (Lipinski definition) is 9. The molecule has 1 aromatic heterocycles. The van der Waals surface area contributed by atoms with Crippen LogP contribution in [-0.2, 0) is 20.9 Å². The SMILES string of the molecule is CCn1c(SCC2=C(C(=O)O)N3C(=O)[C@@H](NC(=O)CC#N)[C@@H]3SC2)n[nH]c(=O)c1=O. The molecule has 14 heteroatoms. The summed E-state index contributed by atoms with van der Waals surface area (Å²) >= 11 is 2.36. The van der Waals surface area contributed by atoms with Crippen molar-refractivity contribution in [2.24, 2.45) is 0 Å². The first-order valence-corrected chi connectivity index (χ1v) is 10.7. The van der Waals surface area contributed by atoms with Gasteiger partial charge in [0.2, 0.25) is 5.91 Å². The highest BCUT2D eigenvalue weighted by atomic mass is 32.2. The van der Waals surface area contributed by atoms with Gasteiger partial charge in [0.15, 0.2) is 5.16 Å². The van der Waals surface area contributed by atoms with E-state index in [0.717, 1.165) is 16.7 Å². The predicted octanol–water partition coefficient (Wildman–Crippen LogP) is -1.30. The normalized spacial score (nSPS) is 20.3. The number of fused-ring (bicyclic) bond motifs is 1. The number of carbonyl (C=O) groups is 3. The van der Waals surface area contributed by atoms with Crippen LogP contribution in [0.2, 0.25) is 0 Å². The third-order valence-corrected chi connectivity index (χ3v) is 6.82. The molecule has 2 aliphatic heterocycles. The van der Waals surface area contributed by atoms with Crippen LogP contribution in [0.3, 0.4) is 0 Å². The molecule has 0 saturated carbocycles. The van der Waals surface area contributed by atoms with Crippen LogP contribution in [0.25, 0.3) is 0 Å². The first-order chi connectivity index (χ1) is 14.3. The molecule has 2 atom stereocenters. The van der Waals surface area contributed by atoms with Crippen LogP contribution in [0.1, 0.15) is 13.3 Å². The van der Waals surface area contributed by atoms with E-state index in [4.69, 9.17) is 5.26 Å². The monoisotopic (exact) mass is 452 g/mol. The first kappa shape index (κ1) is 21.7. The van der Waals surface area contributed by atoms with Gasteiger partial charge in [-0.15, -0.1) is 16.9 Å². The molecular formula is C16H16N6O6S2. The number of aromatic nitrogens is 3. The Balaban J connectivity index is 1.81. The third-order valence-electron chi connectivity index (χ3n) is 4.42. The summed E-state index contributed by atoms with van der Waals surface area (Å²) in [6.45, 7) is 1.89. The van der Waals surface area contributed by atoms with Crippen molar-refractivity contribution in [3.63, 3.8) is 0 Å². The van der Waals surface area contributed by atoms with Crippen molar-refractivity contribution in [1.82, 2.24) is 25.0 Å². The van der Waals surface area contributed by atoms with Crippen molar-refractivity contribution < 1.29 is 19.5 Å². The van der Waals surface area contributed by atoms with Gasteiger partial charge < -0.3 is 10.4 Å². The summed E-state index contributed by atoms with van der Waals surface area (Å²) in [6, 6.07) is 0.805. The fourth-order valence-corrected chi connectivity index (χ4v) is 5.54. The molecule has 2 aliphatic rings. The van der Waals surface area contributed by atoms with Gasteiger partial charge in [0.05, 0.1) is 6.07 Å². The third kappa shape index (κ3) is 3.85. The Morgan fingerprint density at radius 2 is 2.17 bits per heavy atom. The molecule has 3 N–H and O–H groups in total. The van der Waals surface area contributed by atoms with E-state index in [1.165, 1.54) is 16.3 Å². The van der Waals surface area contributed by atoms with Crippen molar-refractivity contribution in [1.29, 1.82) is 5.26 Å². The predicted molar refractivity (Wildman–Crippen MR) is 105 cm³/mol. The summed E-state index contributed by atoms with van der Waals surface area (Å²) < 4.78 is 1.18. The van der Waals surface area contributed by atoms with Crippen LogP contribution < -0.4 is 16.4 Å². The Bertz CT molecular complexity index is 1100. The lowest BCUT2D eigenvalue weighted by Crippen LogP contribution is -2.70. The maximum Gasteiger partial charge on any atom is 0.352 e. The lowest BCUT2D eigenvalue weighted by atomic mass is 10.0. The molecular weight excluding hydrogens is 436 g/mol. The summed E-state index contributed by atoms with van der Waals surface area (Å²) in [5.74, 6) is -2.03. The zero-order valence-electron chi connectivity index (χ0n) is 15.6. The molecule has 0 spiro atoms. The summed E-state index contributed by atoms with van der Waals surface area (Å²) in [7, 11) is 0. The number of aliphatic carboxylic acids is 1. The van der Waals surface area contributed by atoms with Crippen molar-refractivity contribution in [3.8, 4) is 6.07 Å². The fourth-order valence-electron chi connectivity index (χ4n) is 3.05. The van der Waals surface area contributed by atoms with Crippen molar-refractivity contribution in [3.05, 3.63) is 32.0 Å². The van der Waals surface area contributed by atoms with E-state index in [1.807, 2.05) is 0 Å². The van der Waals surface area contributed by atoms with Crippen LogP contribution in [0.5, 0.6) is 0 Å². The maximum atomic E-state index is 12.5. The van der Waals surface area contributed by atoms with Gasteiger partial charge in [-0.05, 0) is 12.5 Å². The van der Waals surface area contributed by atoms with Gasteiger partial charge in [-0.3, -0.25) is 28.6 Å². The molecule has 1 saturated heterocycles. The lowest BCUT2D eigenvalue weighted by Gasteiger charge is -2.49. The van der Waals surface area contributed by atoms with Gasteiger partial charge in [0, 0.05) is 18.1 Å². The molecule has 3 rings (SSSR count). The number of nitrogens with zero attached hydrogens (tertiary/aromatic N) is 4. The standard InChI is InChI=1S/C16H16N6O6S2/c1-2-21-13(26)11(24)19-20-16(21)30-6-7-5-29-14-9(18-8(23)3-4-17)12(25)22(14)10(7)15(27)28/h9,14H,2-3,5-6H2,1H3,(H,18,23)(H,19,24)(H,27,28)/t9-,14+/m1/s1. The molecule has 1 fully saturated rings. The number of nitriles is 1. The number of thioether (sulfide) groups is 2. The van der Waals surface area contributed by atoms with Gasteiger partial charge in [-0.1, -0.05) is 11.8 Å². The zero-order valence-corrected chi connectivity index (χ0v) is 17.2. The van der Waals surface area contributed by atoms with E-state index in [2.05, 4.69) is 15.5 Å². The zero-order chi connectivity index (χ0) is 22.0. The summed E-state index contributed by atoms with van der Waals surface area (Å²) in [4.78, 5) is 60.4. The molecule has 30 heavy (non-hydrogen) atoms. The minimum Gasteiger partial charge on any atom is -0.477 e. The number of carboxylic acid groups (broad SMARTS) is 1. The topological polar surface area (TPSA) is 178 Å². The smallest absolute Gasteiger partial charge is 0.352 e. The number of aromatic amines is 1. The molecule has 0 radical (unpaired) electrons. The van der Waals surface area contributed by atoms with E-state index in [0.29, 0.717) is 5.57 Å². The number of β-lactam (4-membered cyclic amide) rings is 1. The van der Waals surface area contributed by atoms with E-state index in [9.17, 15) is 29.1 Å². The highest BCUT2D eigenvalue weighted by Crippen LogP contribution is 2.41. The van der Waals surface area contributed by atoms with Gasteiger partial charge in [0.25, 0.3) is 5.91 Å². The number of H-pyrrole nitrogens is 1. The van der Waals surface area contributed by atoms with Crippen molar-refractivity contribution in [2.75, 3.05) is 11.5 Å². The lowest BCUT2D eigenvalue weighted by molar-refractivity contribution is -0.150. The van der Waals surface area contributed by atoms with Gasteiger partial charge >= 0.3 is 17.1 Å². The van der Waals surface area contributed by atoms with Crippen LogP contribution in [0.15, 0.2) is 26.0 Å². The molecule has 0 aliphatic carbocycles. The number of amides is 2. The maximum absolute atomic E-state index is 12.5. The average Bonchev–Trinajstić information content (AvgIpc) is 2.72. The number of nitrogens with one attached hydrogen (secondary N) is 2. The number of carboxylic acids is 1. The Kier molecular flexibility index (Phi) is 6.32. The quantitative estimate of drug-likeness (QED) is 0.256. The van der Waals surface area contributed by atoms with Crippen LogP contribution in [-0.4, -0.2) is 65.5 Å². The van der Waals surface area contributed by atoms with Crippen molar-refractivity contribution in [2.45, 2.75) is 36.5 Å². The van der Waals surface area contributed by atoms with E-state index < -0.39 is 46.7 Å². The molecule has 0 unspecified atom stereocenters. The minimum absolute atomic E-state index is 0.134. The summed E-state index contributed by atoms with van der Waals surface area (Å²) in [5, 5.41) is 26.3. The molecule has 3 heterocycles. The van der Waals surface area contributed by atoms with Crippen molar-refractivity contribution >= 4 is 41.3 Å². The summed E-state index contributed by atoms with van der Waals surface area (Å²) in [6.07, 6.45) is -0.393. The van der Waals surface area contributed by atoms with E-state index in [1.54, 1.807) is 13.0 Å². The minimum atomic E-state index is -1.28. The van der Waals surface area contributed by atoms with Gasteiger partial charge in [0.1, 0.15) is 23.5 Å². The Morgan fingerprint density at radius 1 is 1.43 bits per heavy atom. The van der Waals surface area contributed by atoms with E-state index >= 15 is 0 Å². The molecule has 2 amide bonds. The highest BCUT2D eigenvalue weighted by Gasteiger charge is 2.54. The molecule has 0 aromatic carbocycles. The molecule has 158 valence electrons. The Morgan fingerprint density at radius 3 is 2.80 bits per heavy atom.